The summed E-state index contributed by atoms with van der Waals surface area (Å²) in [6.45, 7) is 4.49. The van der Waals surface area contributed by atoms with Crippen molar-refractivity contribution in [3.05, 3.63) is 65.2 Å². The zero-order valence-corrected chi connectivity index (χ0v) is 15.0. The van der Waals surface area contributed by atoms with Crippen LogP contribution in [0.1, 0.15) is 34.8 Å². The molecular formula is C20H25N3O2. The highest BCUT2D eigenvalue weighted by molar-refractivity contribution is 5.97. The van der Waals surface area contributed by atoms with Crippen molar-refractivity contribution >= 4 is 17.5 Å². The van der Waals surface area contributed by atoms with Gasteiger partial charge in [0, 0.05) is 17.8 Å². The van der Waals surface area contributed by atoms with Gasteiger partial charge in [0.15, 0.2) is 0 Å². The van der Waals surface area contributed by atoms with Gasteiger partial charge < -0.3 is 11.1 Å². The van der Waals surface area contributed by atoms with Crippen LogP contribution in [0, 0.1) is 6.92 Å². The van der Waals surface area contributed by atoms with Gasteiger partial charge in [0.25, 0.3) is 0 Å². The minimum Gasteiger partial charge on any atom is -0.366 e. The lowest BCUT2D eigenvalue weighted by Gasteiger charge is -2.26. The second-order valence-corrected chi connectivity index (χ2v) is 6.21. The lowest BCUT2D eigenvalue weighted by Crippen LogP contribution is -2.41. The molecule has 5 heteroatoms. The van der Waals surface area contributed by atoms with Gasteiger partial charge in [-0.15, -0.1) is 0 Å². The highest BCUT2D eigenvalue weighted by atomic mass is 16.2. The monoisotopic (exact) mass is 339 g/mol. The Morgan fingerprint density at radius 1 is 1.16 bits per heavy atom. The fourth-order valence-electron chi connectivity index (χ4n) is 2.92. The highest BCUT2D eigenvalue weighted by Gasteiger charge is 2.21. The first-order chi connectivity index (χ1) is 11.9. The molecule has 132 valence electrons. The molecule has 0 radical (unpaired) electrons. The van der Waals surface area contributed by atoms with Crippen molar-refractivity contribution in [2.24, 2.45) is 5.73 Å². The number of benzene rings is 2. The molecule has 3 N–H and O–H groups in total. The molecule has 0 saturated heterocycles. The Balaban J connectivity index is 2.06. The standard InChI is InChI=1S/C20H25N3O2/c1-4-18(23(3)13-15-8-6-5-7-9-15)20(25)22-16-10-11-17(19(21)24)14(2)12-16/h5-12,18H,4,13H2,1-3H3,(H2,21,24)(H,22,25)/t18-/m0/s1. The Bertz CT molecular complexity index is 744. The average Bonchev–Trinajstić information content (AvgIpc) is 2.56. The number of carbonyl (C=O) groups excluding carboxylic acids is 2. The fraction of sp³-hybridized carbons (Fsp3) is 0.300. The Hall–Kier alpha value is -2.66. The summed E-state index contributed by atoms with van der Waals surface area (Å²) in [4.78, 5) is 26.0. The van der Waals surface area contributed by atoms with E-state index in [-0.39, 0.29) is 11.9 Å². The van der Waals surface area contributed by atoms with Crippen LogP contribution in [0.25, 0.3) is 0 Å². The Kier molecular flexibility index (Phi) is 6.31. The molecule has 2 aromatic rings. The predicted molar refractivity (Wildman–Crippen MR) is 100 cm³/mol. The molecule has 0 heterocycles. The van der Waals surface area contributed by atoms with Gasteiger partial charge in [-0.3, -0.25) is 14.5 Å². The number of carbonyl (C=O) groups is 2. The van der Waals surface area contributed by atoms with Crippen molar-refractivity contribution in [1.29, 1.82) is 0 Å². The molecule has 2 amide bonds. The molecular weight excluding hydrogens is 314 g/mol. The number of nitrogens with two attached hydrogens (primary N) is 1. The average molecular weight is 339 g/mol. The zero-order valence-electron chi connectivity index (χ0n) is 15.0. The van der Waals surface area contributed by atoms with Gasteiger partial charge in [-0.05, 0) is 49.7 Å². The quantitative estimate of drug-likeness (QED) is 0.814. The summed E-state index contributed by atoms with van der Waals surface area (Å²) >= 11 is 0. The summed E-state index contributed by atoms with van der Waals surface area (Å²) in [7, 11) is 1.95. The lowest BCUT2D eigenvalue weighted by atomic mass is 10.1. The zero-order chi connectivity index (χ0) is 18.4. The van der Waals surface area contributed by atoms with Crippen LogP contribution < -0.4 is 11.1 Å². The number of anilines is 1. The van der Waals surface area contributed by atoms with Crippen LogP contribution in [0.5, 0.6) is 0 Å². The van der Waals surface area contributed by atoms with Crippen LogP contribution in [0.4, 0.5) is 5.69 Å². The third kappa shape index (κ3) is 4.90. The lowest BCUT2D eigenvalue weighted by molar-refractivity contribution is -0.121. The number of primary amides is 1. The maximum atomic E-state index is 12.7. The van der Waals surface area contributed by atoms with Gasteiger partial charge in [0.05, 0.1) is 6.04 Å². The molecule has 0 unspecified atom stereocenters. The van der Waals surface area contributed by atoms with E-state index in [2.05, 4.69) is 5.32 Å². The van der Waals surface area contributed by atoms with Gasteiger partial charge in [0.2, 0.25) is 11.8 Å². The van der Waals surface area contributed by atoms with E-state index in [1.165, 1.54) is 0 Å². The van der Waals surface area contributed by atoms with Gasteiger partial charge in [-0.1, -0.05) is 37.3 Å². The van der Waals surface area contributed by atoms with Crippen molar-refractivity contribution in [1.82, 2.24) is 4.90 Å². The maximum Gasteiger partial charge on any atom is 0.248 e. The van der Waals surface area contributed by atoms with Gasteiger partial charge in [-0.2, -0.15) is 0 Å². The number of hydrogen-bond acceptors (Lipinski definition) is 3. The Morgan fingerprint density at radius 2 is 1.84 bits per heavy atom. The minimum atomic E-state index is -0.468. The molecule has 0 aliphatic carbocycles. The first kappa shape index (κ1) is 18.7. The molecule has 0 saturated carbocycles. The molecule has 0 spiro atoms. The van der Waals surface area contributed by atoms with E-state index in [1.54, 1.807) is 25.1 Å². The van der Waals surface area contributed by atoms with Crippen LogP contribution >= 0.6 is 0 Å². The first-order valence-corrected chi connectivity index (χ1v) is 8.37. The van der Waals surface area contributed by atoms with E-state index >= 15 is 0 Å². The van der Waals surface area contributed by atoms with E-state index in [9.17, 15) is 9.59 Å². The minimum absolute atomic E-state index is 0.0628. The third-order valence-electron chi connectivity index (χ3n) is 4.26. The Morgan fingerprint density at radius 3 is 2.40 bits per heavy atom. The van der Waals surface area contributed by atoms with Gasteiger partial charge in [0.1, 0.15) is 0 Å². The maximum absolute atomic E-state index is 12.7. The normalized spacial score (nSPS) is 12.0. The second-order valence-electron chi connectivity index (χ2n) is 6.21. The molecule has 0 aliphatic rings. The van der Waals surface area contributed by atoms with Crippen molar-refractivity contribution in [3.63, 3.8) is 0 Å². The van der Waals surface area contributed by atoms with E-state index < -0.39 is 5.91 Å². The van der Waals surface area contributed by atoms with Crippen molar-refractivity contribution < 1.29 is 9.59 Å². The summed E-state index contributed by atoms with van der Waals surface area (Å²) < 4.78 is 0. The molecule has 0 bridgehead atoms. The van der Waals surface area contributed by atoms with Gasteiger partial charge >= 0.3 is 0 Å². The Labute approximate surface area is 148 Å². The van der Waals surface area contributed by atoms with Crippen LogP contribution in [0.3, 0.4) is 0 Å². The number of rotatable bonds is 7. The van der Waals surface area contributed by atoms with E-state index in [0.29, 0.717) is 24.2 Å². The number of amides is 2. The van der Waals surface area contributed by atoms with E-state index in [1.807, 2.05) is 49.2 Å². The molecule has 25 heavy (non-hydrogen) atoms. The molecule has 2 rings (SSSR count). The summed E-state index contributed by atoms with van der Waals surface area (Å²) in [5.74, 6) is -0.531. The second kappa shape index (κ2) is 8.44. The van der Waals surface area contributed by atoms with Crippen LogP contribution in [0.2, 0.25) is 0 Å². The molecule has 1 atom stereocenters. The summed E-state index contributed by atoms with van der Waals surface area (Å²) in [5, 5.41) is 2.93. The number of nitrogens with zero attached hydrogens (tertiary/aromatic N) is 1. The van der Waals surface area contributed by atoms with E-state index in [0.717, 1.165) is 11.1 Å². The van der Waals surface area contributed by atoms with Crippen molar-refractivity contribution in [2.75, 3.05) is 12.4 Å². The number of nitrogens with one attached hydrogen (secondary N) is 1. The number of likely N-dealkylation sites (N-methyl/N-ethyl adjacent to an activating group) is 1. The summed E-state index contributed by atoms with van der Waals surface area (Å²) in [6, 6.07) is 14.9. The molecule has 0 aromatic heterocycles. The van der Waals surface area contributed by atoms with Crippen LogP contribution in [-0.4, -0.2) is 29.8 Å². The fourth-order valence-corrected chi connectivity index (χ4v) is 2.92. The van der Waals surface area contributed by atoms with E-state index in [4.69, 9.17) is 5.73 Å². The largest absolute Gasteiger partial charge is 0.366 e. The smallest absolute Gasteiger partial charge is 0.248 e. The molecule has 0 aliphatic heterocycles. The number of hydrogen-bond donors (Lipinski definition) is 2. The molecule has 5 nitrogen and oxygen atoms in total. The SMILES string of the molecule is CC[C@@H](C(=O)Nc1ccc(C(N)=O)c(C)c1)N(C)Cc1ccccc1. The number of aryl methyl sites for hydroxylation is 1. The highest BCUT2D eigenvalue weighted by Crippen LogP contribution is 2.17. The van der Waals surface area contributed by atoms with Crippen LogP contribution in [-0.2, 0) is 11.3 Å². The van der Waals surface area contributed by atoms with Crippen molar-refractivity contribution in [2.45, 2.75) is 32.9 Å². The van der Waals surface area contributed by atoms with Crippen molar-refractivity contribution in [3.8, 4) is 0 Å². The predicted octanol–water partition coefficient (Wildman–Crippen LogP) is 2.94. The molecule has 0 fully saturated rings. The summed E-state index contributed by atoms with van der Waals surface area (Å²) in [5.41, 5.74) is 8.36. The summed E-state index contributed by atoms with van der Waals surface area (Å²) in [6.07, 6.45) is 0.702. The topological polar surface area (TPSA) is 75.4 Å². The van der Waals surface area contributed by atoms with Crippen LogP contribution in [0.15, 0.2) is 48.5 Å². The first-order valence-electron chi connectivity index (χ1n) is 8.37. The van der Waals surface area contributed by atoms with Gasteiger partial charge in [-0.25, -0.2) is 0 Å². The molecule has 2 aromatic carbocycles. The third-order valence-corrected chi connectivity index (χ3v) is 4.26.